The molecular formula is C15H12Cl2O2. The second-order valence-electron chi connectivity index (χ2n) is 3.78. The Hall–Kier alpha value is -1.64. The van der Waals surface area contributed by atoms with Crippen molar-refractivity contribution in [2.24, 2.45) is 0 Å². The second kappa shape index (κ2) is 6.50. The van der Waals surface area contributed by atoms with E-state index in [9.17, 15) is 0 Å². The van der Waals surface area contributed by atoms with Gasteiger partial charge < -0.3 is 9.47 Å². The maximum atomic E-state index is 6.15. The highest BCUT2D eigenvalue weighted by atomic mass is 35.5. The maximum absolute atomic E-state index is 6.15. The van der Waals surface area contributed by atoms with Crippen molar-refractivity contribution in [2.75, 3.05) is 7.11 Å². The van der Waals surface area contributed by atoms with Gasteiger partial charge in [0.05, 0.1) is 18.4 Å². The van der Waals surface area contributed by atoms with Gasteiger partial charge in [-0.2, -0.15) is 0 Å². The molecule has 0 saturated heterocycles. The molecule has 0 amide bonds. The van der Waals surface area contributed by atoms with Crippen molar-refractivity contribution in [1.82, 2.24) is 0 Å². The van der Waals surface area contributed by atoms with Crippen molar-refractivity contribution >= 4 is 29.3 Å². The quantitative estimate of drug-likeness (QED) is 0.703. The van der Waals surface area contributed by atoms with Crippen LogP contribution < -0.4 is 4.74 Å². The van der Waals surface area contributed by atoms with E-state index in [1.54, 1.807) is 49.8 Å². The third-order valence-corrected chi connectivity index (χ3v) is 2.98. The van der Waals surface area contributed by atoms with Crippen LogP contribution in [-0.4, -0.2) is 7.11 Å². The van der Waals surface area contributed by atoms with Gasteiger partial charge in [-0.15, -0.1) is 0 Å². The smallest absolute Gasteiger partial charge is 0.128 e. The molecule has 2 nitrogen and oxygen atoms in total. The second-order valence-corrected chi connectivity index (χ2v) is 4.62. The molecule has 0 aliphatic carbocycles. The van der Waals surface area contributed by atoms with E-state index < -0.39 is 0 Å². The maximum Gasteiger partial charge on any atom is 0.128 e. The van der Waals surface area contributed by atoms with E-state index in [0.717, 1.165) is 5.56 Å². The van der Waals surface area contributed by atoms with Crippen molar-refractivity contribution in [2.45, 2.75) is 0 Å². The van der Waals surface area contributed by atoms with Crippen LogP contribution in [0.1, 0.15) is 5.56 Å². The summed E-state index contributed by atoms with van der Waals surface area (Å²) in [7, 11) is 1.59. The topological polar surface area (TPSA) is 18.5 Å². The van der Waals surface area contributed by atoms with Gasteiger partial charge in [0, 0.05) is 5.02 Å². The summed E-state index contributed by atoms with van der Waals surface area (Å²) in [6.45, 7) is 0. The summed E-state index contributed by atoms with van der Waals surface area (Å²) in [5.41, 5.74) is 0.868. The van der Waals surface area contributed by atoms with E-state index in [1.165, 1.54) is 0 Å². The Labute approximate surface area is 122 Å². The molecule has 2 aromatic rings. The molecule has 98 valence electrons. The average molecular weight is 295 g/mol. The zero-order valence-corrected chi connectivity index (χ0v) is 11.8. The Morgan fingerprint density at radius 2 is 1.63 bits per heavy atom. The van der Waals surface area contributed by atoms with Crippen LogP contribution in [0.4, 0.5) is 0 Å². The summed E-state index contributed by atoms with van der Waals surface area (Å²) in [6.07, 6.45) is 3.36. The van der Waals surface area contributed by atoms with Crippen molar-refractivity contribution in [1.29, 1.82) is 0 Å². The summed E-state index contributed by atoms with van der Waals surface area (Å²) in [6, 6.07) is 12.6. The summed E-state index contributed by atoms with van der Waals surface area (Å²) < 4.78 is 10.5. The van der Waals surface area contributed by atoms with E-state index >= 15 is 0 Å². The lowest BCUT2D eigenvalue weighted by atomic mass is 10.2. The number of halogens is 2. The van der Waals surface area contributed by atoms with Gasteiger partial charge in [-0.25, -0.2) is 0 Å². The van der Waals surface area contributed by atoms with Gasteiger partial charge in [0.2, 0.25) is 0 Å². The Kier molecular flexibility index (Phi) is 4.72. The van der Waals surface area contributed by atoms with Gasteiger partial charge in [0.25, 0.3) is 0 Å². The highest BCUT2D eigenvalue weighted by Gasteiger charge is 2.02. The number of methoxy groups -OCH3 is 1. The zero-order chi connectivity index (χ0) is 13.7. The van der Waals surface area contributed by atoms with Crippen molar-refractivity contribution in [3.63, 3.8) is 0 Å². The summed E-state index contributed by atoms with van der Waals surface area (Å²) in [5.74, 6) is 1.38. The van der Waals surface area contributed by atoms with Crippen molar-refractivity contribution in [3.8, 4) is 11.5 Å². The standard InChI is InChI=1S/C15H12Cl2O2/c1-18-9-8-11-2-5-14(10-15(11)17)19-13-6-3-12(16)4-7-13/h2-10H,1H3/b9-8+. The first kappa shape index (κ1) is 13.8. The van der Waals surface area contributed by atoms with Crippen molar-refractivity contribution in [3.05, 3.63) is 64.3 Å². The molecule has 0 unspecified atom stereocenters. The van der Waals surface area contributed by atoms with Crippen LogP contribution in [-0.2, 0) is 4.74 Å². The van der Waals surface area contributed by atoms with Gasteiger partial charge in [0.15, 0.2) is 0 Å². The fraction of sp³-hybridized carbons (Fsp3) is 0.0667. The molecule has 0 aliphatic heterocycles. The molecule has 0 saturated carbocycles. The number of benzene rings is 2. The number of hydrogen-bond acceptors (Lipinski definition) is 2. The van der Waals surface area contributed by atoms with Crippen LogP contribution in [0, 0.1) is 0 Å². The monoisotopic (exact) mass is 294 g/mol. The molecule has 2 rings (SSSR count). The first-order valence-electron chi connectivity index (χ1n) is 5.61. The fourth-order valence-electron chi connectivity index (χ4n) is 1.49. The lowest BCUT2D eigenvalue weighted by Crippen LogP contribution is -1.85. The molecule has 0 radical (unpaired) electrons. The Bertz CT molecular complexity index is 577. The van der Waals surface area contributed by atoms with Crippen LogP contribution in [0.3, 0.4) is 0 Å². The minimum atomic E-state index is 0.597. The first-order valence-corrected chi connectivity index (χ1v) is 6.37. The molecule has 0 aromatic heterocycles. The summed E-state index contributed by atoms with van der Waals surface area (Å²) >= 11 is 12.0. The molecule has 2 aromatic carbocycles. The molecule has 4 heteroatoms. The lowest BCUT2D eigenvalue weighted by molar-refractivity contribution is 0.341. The largest absolute Gasteiger partial charge is 0.504 e. The molecule has 19 heavy (non-hydrogen) atoms. The Morgan fingerprint density at radius 1 is 0.947 bits per heavy atom. The molecule has 0 bridgehead atoms. The van der Waals surface area contributed by atoms with Gasteiger partial charge in [-0.05, 0) is 54.1 Å². The van der Waals surface area contributed by atoms with Crippen molar-refractivity contribution < 1.29 is 9.47 Å². The Balaban J connectivity index is 2.15. The molecule has 0 aliphatic rings. The van der Waals surface area contributed by atoms with E-state index in [2.05, 4.69) is 0 Å². The van der Waals surface area contributed by atoms with Gasteiger partial charge >= 0.3 is 0 Å². The summed E-state index contributed by atoms with van der Waals surface area (Å²) in [4.78, 5) is 0. The lowest BCUT2D eigenvalue weighted by Gasteiger charge is -2.07. The highest BCUT2D eigenvalue weighted by molar-refractivity contribution is 6.32. The van der Waals surface area contributed by atoms with Crippen LogP contribution in [0.25, 0.3) is 6.08 Å². The van der Waals surface area contributed by atoms with E-state index in [4.69, 9.17) is 32.7 Å². The van der Waals surface area contributed by atoms with Crippen LogP contribution in [0.2, 0.25) is 10.0 Å². The Morgan fingerprint density at radius 3 is 2.26 bits per heavy atom. The predicted molar refractivity (Wildman–Crippen MR) is 79.0 cm³/mol. The number of ether oxygens (including phenoxy) is 2. The molecule has 0 spiro atoms. The number of rotatable bonds is 4. The zero-order valence-electron chi connectivity index (χ0n) is 10.3. The van der Waals surface area contributed by atoms with E-state index in [0.29, 0.717) is 21.5 Å². The minimum absolute atomic E-state index is 0.597. The first-order chi connectivity index (χ1) is 9.19. The van der Waals surface area contributed by atoms with E-state index in [1.807, 2.05) is 12.1 Å². The summed E-state index contributed by atoms with van der Waals surface area (Å²) in [5, 5.41) is 1.27. The molecule has 0 fully saturated rings. The highest BCUT2D eigenvalue weighted by Crippen LogP contribution is 2.28. The predicted octanol–water partition coefficient (Wildman–Crippen LogP) is 5.40. The molecule has 0 heterocycles. The van der Waals surface area contributed by atoms with E-state index in [-0.39, 0.29) is 0 Å². The van der Waals surface area contributed by atoms with Crippen LogP contribution >= 0.6 is 23.2 Å². The van der Waals surface area contributed by atoms with Gasteiger partial charge in [0.1, 0.15) is 11.5 Å². The van der Waals surface area contributed by atoms with Crippen LogP contribution in [0.5, 0.6) is 11.5 Å². The molecule has 0 N–H and O–H groups in total. The average Bonchev–Trinajstić information content (AvgIpc) is 2.41. The minimum Gasteiger partial charge on any atom is -0.504 e. The molecular weight excluding hydrogens is 283 g/mol. The number of hydrogen-bond donors (Lipinski definition) is 0. The SMILES string of the molecule is CO/C=C/c1ccc(Oc2ccc(Cl)cc2)cc1Cl. The van der Waals surface area contributed by atoms with Crippen LogP contribution in [0.15, 0.2) is 48.7 Å². The fourth-order valence-corrected chi connectivity index (χ4v) is 1.85. The third kappa shape index (κ3) is 3.91. The van der Waals surface area contributed by atoms with Gasteiger partial charge in [-0.3, -0.25) is 0 Å². The third-order valence-electron chi connectivity index (χ3n) is 2.40. The van der Waals surface area contributed by atoms with Gasteiger partial charge in [-0.1, -0.05) is 23.2 Å². The normalized spacial score (nSPS) is 10.7. The molecule has 0 atom stereocenters.